The first-order valence-corrected chi connectivity index (χ1v) is 9.72. The van der Waals surface area contributed by atoms with Crippen molar-refractivity contribution < 1.29 is 19.1 Å². The van der Waals surface area contributed by atoms with E-state index < -0.39 is 11.6 Å². The van der Waals surface area contributed by atoms with Crippen LogP contribution in [0, 0.1) is 5.41 Å². The van der Waals surface area contributed by atoms with Crippen LogP contribution in [-0.2, 0) is 4.79 Å². The first kappa shape index (κ1) is 22.1. The summed E-state index contributed by atoms with van der Waals surface area (Å²) in [5, 5.41) is 3.16. The third-order valence-electron chi connectivity index (χ3n) is 4.84. The van der Waals surface area contributed by atoms with E-state index in [1.807, 2.05) is 27.7 Å². The molecule has 1 aromatic rings. The van der Waals surface area contributed by atoms with Gasteiger partial charge < -0.3 is 19.7 Å². The Balaban J connectivity index is 2.49. The Hall–Kier alpha value is -2.24. The number of hydrogen-bond donors (Lipinski definition) is 1. The van der Waals surface area contributed by atoms with Crippen LogP contribution in [0.1, 0.15) is 76.9 Å². The quantitative estimate of drug-likeness (QED) is 0.799. The number of nitrogens with zero attached hydrogens (tertiary/aromatic N) is 1. The van der Waals surface area contributed by atoms with Gasteiger partial charge >= 0.3 is 0 Å². The van der Waals surface area contributed by atoms with E-state index in [0.29, 0.717) is 22.6 Å². The second-order valence-corrected chi connectivity index (χ2v) is 9.58. The number of fused-ring (bicyclic) bond motifs is 1. The lowest BCUT2D eigenvalue weighted by Crippen LogP contribution is -2.51. The Morgan fingerprint density at radius 2 is 1.75 bits per heavy atom. The van der Waals surface area contributed by atoms with Crippen molar-refractivity contribution in [3.63, 3.8) is 0 Å². The van der Waals surface area contributed by atoms with Gasteiger partial charge in [-0.05, 0) is 45.6 Å². The second-order valence-electron chi connectivity index (χ2n) is 9.58. The Bertz CT molecular complexity index is 763. The molecule has 0 aromatic heterocycles. The molecular formula is C22H34N2O4. The molecule has 1 atom stereocenters. The van der Waals surface area contributed by atoms with Crippen molar-refractivity contribution in [3.8, 4) is 11.5 Å². The summed E-state index contributed by atoms with van der Waals surface area (Å²) in [7, 11) is 3.04. The summed E-state index contributed by atoms with van der Waals surface area (Å²) in [6, 6.07) is 2.70. The van der Waals surface area contributed by atoms with Crippen molar-refractivity contribution in [3.05, 3.63) is 23.3 Å². The molecule has 1 aliphatic heterocycles. The van der Waals surface area contributed by atoms with Gasteiger partial charge in [-0.25, -0.2) is 0 Å². The van der Waals surface area contributed by atoms with Gasteiger partial charge in [0.15, 0.2) is 11.5 Å². The molecule has 28 heavy (non-hydrogen) atoms. The molecule has 0 saturated heterocycles. The Labute approximate surface area is 168 Å². The van der Waals surface area contributed by atoms with E-state index in [1.54, 1.807) is 17.0 Å². The van der Waals surface area contributed by atoms with Gasteiger partial charge in [-0.2, -0.15) is 0 Å². The smallest absolute Gasteiger partial charge is 0.259 e. The summed E-state index contributed by atoms with van der Waals surface area (Å²) in [5.41, 5.74) is 0.721. The zero-order valence-corrected chi connectivity index (χ0v) is 18.6. The van der Waals surface area contributed by atoms with Crippen LogP contribution in [0.15, 0.2) is 12.1 Å². The highest BCUT2D eigenvalue weighted by Gasteiger charge is 2.46. The minimum Gasteiger partial charge on any atom is -0.493 e. The molecule has 0 saturated carbocycles. The Kier molecular flexibility index (Phi) is 6.02. The standard InChI is InChI=1S/C22H34N2O4/c1-13(2)24-17(19(25)23-22(6,7)12-21(3,4)5)14-10-11-15(27-8)18(28-9)16(14)20(24)26/h10-11,13,17H,12H2,1-9H3,(H,23,25). The zero-order chi connectivity index (χ0) is 21.4. The molecule has 0 fully saturated rings. The molecule has 1 heterocycles. The fraction of sp³-hybridized carbons (Fsp3) is 0.636. The molecule has 2 amide bonds. The first-order valence-electron chi connectivity index (χ1n) is 9.72. The van der Waals surface area contributed by atoms with E-state index in [4.69, 9.17) is 9.47 Å². The van der Waals surface area contributed by atoms with E-state index in [-0.39, 0.29) is 23.3 Å². The van der Waals surface area contributed by atoms with Crippen LogP contribution in [0.25, 0.3) is 0 Å². The summed E-state index contributed by atoms with van der Waals surface area (Å²) in [4.78, 5) is 28.2. The van der Waals surface area contributed by atoms with Crippen LogP contribution in [0.2, 0.25) is 0 Å². The monoisotopic (exact) mass is 390 g/mol. The Morgan fingerprint density at radius 3 is 2.21 bits per heavy atom. The molecule has 1 N–H and O–H groups in total. The molecule has 0 aliphatic carbocycles. The van der Waals surface area contributed by atoms with Crippen molar-refractivity contribution >= 4 is 11.8 Å². The van der Waals surface area contributed by atoms with Gasteiger partial charge in [0.2, 0.25) is 5.91 Å². The summed E-state index contributed by atoms with van der Waals surface area (Å²) in [6.07, 6.45) is 0.812. The van der Waals surface area contributed by atoms with Gasteiger partial charge in [0, 0.05) is 17.1 Å². The number of ether oxygens (including phenoxy) is 2. The average Bonchev–Trinajstić information content (AvgIpc) is 2.84. The maximum absolute atomic E-state index is 13.3. The van der Waals surface area contributed by atoms with Gasteiger partial charge in [-0.15, -0.1) is 0 Å². The average molecular weight is 391 g/mol. The number of nitrogens with one attached hydrogen (secondary N) is 1. The minimum atomic E-state index is -0.693. The number of carbonyl (C=O) groups excluding carboxylic acids is 2. The summed E-state index contributed by atoms with van der Waals surface area (Å²) >= 11 is 0. The van der Waals surface area contributed by atoms with Gasteiger partial charge in [-0.1, -0.05) is 26.8 Å². The third kappa shape index (κ3) is 4.26. The lowest BCUT2D eigenvalue weighted by molar-refractivity contribution is -0.128. The van der Waals surface area contributed by atoms with Crippen molar-refractivity contribution in [2.75, 3.05) is 14.2 Å². The summed E-state index contributed by atoms with van der Waals surface area (Å²) in [6.45, 7) is 14.3. The highest BCUT2D eigenvalue weighted by molar-refractivity contribution is 6.07. The molecule has 1 aliphatic rings. The van der Waals surface area contributed by atoms with Crippen molar-refractivity contribution in [2.24, 2.45) is 5.41 Å². The van der Waals surface area contributed by atoms with Crippen LogP contribution in [0.5, 0.6) is 11.5 Å². The van der Waals surface area contributed by atoms with Crippen molar-refractivity contribution in [2.45, 2.75) is 72.5 Å². The van der Waals surface area contributed by atoms with Crippen LogP contribution >= 0.6 is 0 Å². The second kappa shape index (κ2) is 7.64. The normalized spacial score (nSPS) is 17.0. The van der Waals surface area contributed by atoms with E-state index >= 15 is 0 Å². The van der Waals surface area contributed by atoms with E-state index in [2.05, 4.69) is 26.1 Å². The number of benzene rings is 1. The largest absolute Gasteiger partial charge is 0.493 e. The maximum atomic E-state index is 13.3. The van der Waals surface area contributed by atoms with Crippen molar-refractivity contribution in [1.82, 2.24) is 10.2 Å². The van der Waals surface area contributed by atoms with Crippen LogP contribution in [0.4, 0.5) is 0 Å². The highest BCUT2D eigenvalue weighted by atomic mass is 16.5. The number of amides is 2. The van der Waals surface area contributed by atoms with E-state index in [9.17, 15) is 9.59 Å². The van der Waals surface area contributed by atoms with E-state index in [1.165, 1.54) is 14.2 Å². The number of rotatable bonds is 6. The number of carbonyl (C=O) groups is 2. The topological polar surface area (TPSA) is 67.9 Å². The molecule has 156 valence electrons. The van der Waals surface area contributed by atoms with Gasteiger partial charge in [0.25, 0.3) is 5.91 Å². The maximum Gasteiger partial charge on any atom is 0.259 e. The van der Waals surface area contributed by atoms with Gasteiger partial charge in [0.1, 0.15) is 6.04 Å². The van der Waals surface area contributed by atoms with Gasteiger partial charge in [-0.3, -0.25) is 9.59 Å². The molecule has 6 nitrogen and oxygen atoms in total. The molecular weight excluding hydrogens is 356 g/mol. The molecule has 1 aromatic carbocycles. The SMILES string of the molecule is COc1ccc2c(c1OC)C(=O)N(C(C)C)C2C(=O)NC(C)(C)CC(C)(C)C. The first-order chi connectivity index (χ1) is 12.8. The molecule has 2 rings (SSSR count). The lowest BCUT2D eigenvalue weighted by atomic mass is 9.81. The van der Waals surface area contributed by atoms with Crippen LogP contribution in [-0.4, -0.2) is 42.5 Å². The van der Waals surface area contributed by atoms with Crippen LogP contribution < -0.4 is 14.8 Å². The third-order valence-corrected chi connectivity index (χ3v) is 4.84. The minimum absolute atomic E-state index is 0.0640. The number of hydrogen-bond acceptors (Lipinski definition) is 4. The fourth-order valence-electron chi connectivity index (χ4n) is 4.36. The summed E-state index contributed by atoms with van der Waals surface area (Å²) < 4.78 is 10.8. The number of methoxy groups -OCH3 is 2. The fourth-order valence-corrected chi connectivity index (χ4v) is 4.36. The van der Waals surface area contributed by atoms with Crippen LogP contribution in [0.3, 0.4) is 0 Å². The molecule has 6 heteroatoms. The lowest BCUT2D eigenvalue weighted by Gasteiger charge is -2.36. The van der Waals surface area contributed by atoms with Crippen molar-refractivity contribution in [1.29, 1.82) is 0 Å². The molecule has 1 unspecified atom stereocenters. The summed E-state index contributed by atoms with van der Waals surface area (Å²) in [5.74, 6) is 0.462. The van der Waals surface area contributed by atoms with E-state index in [0.717, 1.165) is 6.42 Å². The zero-order valence-electron chi connectivity index (χ0n) is 18.6. The van der Waals surface area contributed by atoms with Gasteiger partial charge in [0.05, 0.1) is 19.8 Å². The predicted octanol–water partition coefficient (Wildman–Crippen LogP) is 3.94. The highest BCUT2D eigenvalue weighted by Crippen LogP contribution is 2.44. The predicted molar refractivity (Wildman–Crippen MR) is 110 cm³/mol. The Morgan fingerprint density at radius 1 is 1.14 bits per heavy atom. The molecule has 0 spiro atoms. The molecule has 0 radical (unpaired) electrons. The molecule has 0 bridgehead atoms.